The minimum Gasteiger partial charge on any atom is -0.490 e. The number of hydrogen-bond donors (Lipinski definition) is 1. The summed E-state index contributed by atoms with van der Waals surface area (Å²) in [6, 6.07) is 8.14. The third-order valence-electron chi connectivity index (χ3n) is 3.41. The van der Waals surface area contributed by atoms with Crippen molar-refractivity contribution in [1.29, 1.82) is 0 Å². The minimum atomic E-state index is 0.373. The number of benzene rings is 1. The van der Waals surface area contributed by atoms with Gasteiger partial charge in [-0.3, -0.25) is 0 Å². The van der Waals surface area contributed by atoms with Crippen molar-refractivity contribution in [3.8, 4) is 5.75 Å². The van der Waals surface area contributed by atoms with Gasteiger partial charge < -0.3 is 10.1 Å². The van der Waals surface area contributed by atoms with E-state index in [-0.39, 0.29) is 0 Å². The Bertz CT molecular complexity index is 337. The van der Waals surface area contributed by atoms with Crippen LogP contribution in [-0.4, -0.2) is 19.7 Å². The van der Waals surface area contributed by atoms with Crippen LogP contribution in [0.25, 0.3) is 0 Å². The molecule has 1 aromatic carbocycles. The van der Waals surface area contributed by atoms with Crippen molar-refractivity contribution in [1.82, 2.24) is 5.32 Å². The first-order valence-corrected chi connectivity index (χ1v) is 7.15. The number of halogens is 1. The molecule has 0 saturated heterocycles. The Morgan fingerprint density at radius 2 is 1.94 bits per heavy atom. The summed E-state index contributed by atoms with van der Waals surface area (Å²) in [5, 5.41) is 3.27. The first-order valence-electron chi connectivity index (χ1n) is 6.36. The van der Waals surface area contributed by atoms with Gasteiger partial charge in [-0.1, -0.05) is 22.4 Å². The van der Waals surface area contributed by atoms with E-state index in [0.717, 1.165) is 16.8 Å². The van der Waals surface area contributed by atoms with Crippen LogP contribution < -0.4 is 10.1 Å². The molecule has 17 heavy (non-hydrogen) atoms. The van der Waals surface area contributed by atoms with Gasteiger partial charge in [-0.05, 0) is 50.6 Å². The monoisotopic (exact) mass is 297 g/mol. The molecule has 0 bridgehead atoms. The molecule has 0 heterocycles. The van der Waals surface area contributed by atoms with E-state index < -0.39 is 0 Å². The summed E-state index contributed by atoms with van der Waals surface area (Å²) in [5.74, 6) is 1.64. The second-order valence-corrected chi connectivity index (χ2v) is 5.63. The van der Waals surface area contributed by atoms with Gasteiger partial charge in [0.05, 0.1) is 0 Å². The Hall–Kier alpha value is -0.540. The average molecular weight is 298 g/mol. The number of rotatable bonds is 4. The molecule has 0 radical (unpaired) electrons. The normalized spacial score (nSPS) is 24.6. The summed E-state index contributed by atoms with van der Waals surface area (Å²) in [5.41, 5.74) is 0. The van der Waals surface area contributed by atoms with Crippen LogP contribution in [0, 0.1) is 5.92 Å². The zero-order chi connectivity index (χ0) is 12.1. The smallest absolute Gasteiger partial charge is 0.119 e. The summed E-state index contributed by atoms with van der Waals surface area (Å²) < 4.78 is 7.21. The molecule has 0 aliphatic heterocycles. The molecule has 3 heteroatoms. The first-order chi connectivity index (χ1) is 8.29. The molecule has 0 amide bonds. The molecule has 0 aromatic heterocycles. The molecule has 1 aliphatic carbocycles. The number of nitrogens with one attached hydrogen (secondary N) is 1. The standard InChI is InChI=1S/C14H20BrNO/c1-16-10-11-4-2-3-5-14(11)17-13-8-6-12(15)7-9-13/h6-9,11,14,16H,2-5,10H2,1H3. The first kappa shape index (κ1) is 12.9. The molecular weight excluding hydrogens is 278 g/mol. The lowest BCUT2D eigenvalue weighted by atomic mass is 9.86. The predicted octanol–water partition coefficient (Wildman–Crippen LogP) is 3.61. The fourth-order valence-electron chi connectivity index (χ4n) is 2.51. The van der Waals surface area contributed by atoms with Gasteiger partial charge in [-0.15, -0.1) is 0 Å². The van der Waals surface area contributed by atoms with Gasteiger partial charge in [0, 0.05) is 16.9 Å². The number of hydrogen-bond acceptors (Lipinski definition) is 2. The second kappa shape index (κ2) is 6.41. The topological polar surface area (TPSA) is 21.3 Å². The molecule has 1 fully saturated rings. The largest absolute Gasteiger partial charge is 0.490 e. The lowest BCUT2D eigenvalue weighted by molar-refractivity contribution is 0.0931. The maximum atomic E-state index is 6.11. The lowest BCUT2D eigenvalue weighted by Gasteiger charge is -2.31. The SMILES string of the molecule is CNCC1CCCCC1Oc1ccc(Br)cc1. The highest BCUT2D eigenvalue weighted by Crippen LogP contribution is 2.28. The van der Waals surface area contributed by atoms with Crippen LogP contribution in [0.5, 0.6) is 5.75 Å². The van der Waals surface area contributed by atoms with Gasteiger partial charge in [-0.25, -0.2) is 0 Å². The van der Waals surface area contributed by atoms with Crippen molar-refractivity contribution in [3.63, 3.8) is 0 Å². The van der Waals surface area contributed by atoms with Crippen LogP contribution >= 0.6 is 15.9 Å². The zero-order valence-electron chi connectivity index (χ0n) is 10.3. The molecule has 2 rings (SSSR count). The Kier molecular flexibility index (Phi) is 4.86. The van der Waals surface area contributed by atoms with E-state index in [1.807, 2.05) is 31.3 Å². The van der Waals surface area contributed by atoms with E-state index in [9.17, 15) is 0 Å². The van der Waals surface area contributed by atoms with E-state index in [2.05, 4.69) is 21.2 Å². The Balaban J connectivity index is 1.97. The highest BCUT2D eigenvalue weighted by atomic mass is 79.9. The molecule has 1 saturated carbocycles. The fourth-order valence-corrected chi connectivity index (χ4v) is 2.78. The van der Waals surface area contributed by atoms with E-state index >= 15 is 0 Å². The molecule has 2 unspecified atom stereocenters. The molecule has 1 aliphatic rings. The zero-order valence-corrected chi connectivity index (χ0v) is 11.9. The van der Waals surface area contributed by atoms with Gasteiger partial charge in [0.25, 0.3) is 0 Å². The fraction of sp³-hybridized carbons (Fsp3) is 0.571. The van der Waals surface area contributed by atoms with Crippen LogP contribution in [-0.2, 0) is 0 Å². The highest BCUT2D eigenvalue weighted by molar-refractivity contribution is 9.10. The minimum absolute atomic E-state index is 0.373. The van der Waals surface area contributed by atoms with Crippen molar-refractivity contribution in [2.24, 2.45) is 5.92 Å². The Morgan fingerprint density at radius 1 is 1.24 bits per heavy atom. The summed E-state index contributed by atoms with van der Waals surface area (Å²) in [6.45, 7) is 1.06. The molecule has 1 N–H and O–H groups in total. The highest BCUT2D eigenvalue weighted by Gasteiger charge is 2.25. The molecule has 0 spiro atoms. The van der Waals surface area contributed by atoms with E-state index in [4.69, 9.17) is 4.74 Å². The maximum absolute atomic E-state index is 6.11. The van der Waals surface area contributed by atoms with Crippen LogP contribution in [0.3, 0.4) is 0 Å². The Labute approximate surface area is 112 Å². The van der Waals surface area contributed by atoms with Crippen LogP contribution in [0.4, 0.5) is 0 Å². The molecule has 94 valence electrons. The van der Waals surface area contributed by atoms with Crippen molar-refractivity contribution >= 4 is 15.9 Å². The van der Waals surface area contributed by atoms with Gasteiger partial charge in [-0.2, -0.15) is 0 Å². The van der Waals surface area contributed by atoms with Crippen molar-refractivity contribution in [3.05, 3.63) is 28.7 Å². The predicted molar refractivity (Wildman–Crippen MR) is 74.4 cm³/mol. The second-order valence-electron chi connectivity index (χ2n) is 4.71. The van der Waals surface area contributed by atoms with Gasteiger partial charge in [0.15, 0.2) is 0 Å². The van der Waals surface area contributed by atoms with Crippen molar-refractivity contribution in [2.75, 3.05) is 13.6 Å². The Morgan fingerprint density at radius 3 is 2.65 bits per heavy atom. The van der Waals surface area contributed by atoms with Crippen LogP contribution in [0.1, 0.15) is 25.7 Å². The van der Waals surface area contributed by atoms with Crippen LogP contribution in [0.2, 0.25) is 0 Å². The van der Waals surface area contributed by atoms with Gasteiger partial charge in [0.2, 0.25) is 0 Å². The molecular formula is C14H20BrNO. The molecule has 2 atom stereocenters. The lowest BCUT2D eigenvalue weighted by Crippen LogP contribution is -2.36. The van der Waals surface area contributed by atoms with E-state index in [0.29, 0.717) is 12.0 Å². The van der Waals surface area contributed by atoms with Gasteiger partial charge >= 0.3 is 0 Å². The number of ether oxygens (including phenoxy) is 1. The quantitative estimate of drug-likeness (QED) is 0.917. The van der Waals surface area contributed by atoms with E-state index in [1.54, 1.807) is 0 Å². The molecule has 1 aromatic rings. The summed E-state index contributed by atoms with van der Waals surface area (Å²) >= 11 is 3.44. The van der Waals surface area contributed by atoms with Crippen molar-refractivity contribution in [2.45, 2.75) is 31.8 Å². The third kappa shape index (κ3) is 3.71. The summed E-state index contributed by atoms with van der Waals surface area (Å²) in [4.78, 5) is 0. The molecule has 2 nitrogen and oxygen atoms in total. The van der Waals surface area contributed by atoms with Gasteiger partial charge in [0.1, 0.15) is 11.9 Å². The average Bonchev–Trinajstić information content (AvgIpc) is 2.35. The van der Waals surface area contributed by atoms with Crippen LogP contribution in [0.15, 0.2) is 28.7 Å². The van der Waals surface area contributed by atoms with E-state index in [1.165, 1.54) is 25.7 Å². The van der Waals surface area contributed by atoms with Crippen molar-refractivity contribution < 1.29 is 4.74 Å². The third-order valence-corrected chi connectivity index (χ3v) is 3.94. The summed E-state index contributed by atoms with van der Waals surface area (Å²) in [6.07, 6.45) is 5.47. The summed E-state index contributed by atoms with van der Waals surface area (Å²) in [7, 11) is 2.02. The maximum Gasteiger partial charge on any atom is 0.119 e.